The van der Waals surface area contributed by atoms with Crippen LogP contribution in [0.2, 0.25) is 0 Å². The number of carbonyl (C=O) groups is 3. The number of benzene rings is 2. The lowest BCUT2D eigenvalue weighted by Gasteiger charge is -2.12. The standard InChI is InChI=1S/C23H22N2O5/c1-14-21(23(28)29-3)18(25-22(14)15(2)26)13-20(27)24-17-11-7-8-12-19(17)30-16-9-5-4-6-10-16/h4-12,25H,13H2,1-3H3,(H,24,27). The van der Waals surface area contributed by atoms with Crippen molar-refractivity contribution < 1.29 is 23.9 Å². The fourth-order valence-corrected chi connectivity index (χ4v) is 3.15. The molecule has 2 N–H and O–H groups in total. The largest absolute Gasteiger partial charge is 0.465 e. The van der Waals surface area contributed by atoms with E-state index in [9.17, 15) is 14.4 Å². The van der Waals surface area contributed by atoms with E-state index in [1.54, 1.807) is 31.2 Å². The molecule has 0 bridgehead atoms. The van der Waals surface area contributed by atoms with Gasteiger partial charge in [-0.3, -0.25) is 9.59 Å². The van der Waals surface area contributed by atoms with E-state index in [0.717, 1.165) is 0 Å². The second-order valence-electron chi connectivity index (χ2n) is 6.66. The molecule has 0 aliphatic rings. The third-order valence-electron chi connectivity index (χ3n) is 4.54. The van der Waals surface area contributed by atoms with Crippen molar-refractivity contribution in [3.8, 4) is 11.5 Å². The number of esters is 1. The fraction of sp³-hybridized carbons (Fsp3) is 0.174. The van der Waals surface area contributed by atoms with Crippen molar-refractivity contribution >= 4 is 23.3 Å². The molecule has 0 unspecified atom stereocenters. The summed E-state index contributed by atoms with van der Waals surface area (Å²) in [5, 5.41) is 2.80. The van der Waals surface area contributed by atoms with E-state index in [1.807, 2.05) is 30.3 Å². The molecule has 0 saturated heterocycles. The van der Waals surface area contributed by atoms with E-state index in [0.29, 0.717) is 28.4 Å². The van der Waals surface area contributed by atoms with Gasteiger partial charge in [0.2, 0.25) is 5.91 Å². The van der Waals surface area contributed by atoms with Gasteiger partial charge in [0.15, 0.2) is 11.5 Å². The van der Waals surface area contributed by atoms with Crippen molar-refractivity contribution in [2.45, 2.75) is 20.3 Å². The molecular weight excluding hydrogens is 384 g/mol. The van der Waals surface area contributed by atoms with Gasteiger partial charge in [0.25, 0.3) is 0 Å². The Labute approximate surface area is 174 Å². The predicted molar refractivity (Wildman–Crippen MR) is 112 cm³/mol. The summed E-state index contributed by atoms with van der Waals surface area (Å²) in [6, 6.07) is 16.3. The van der Waals surface area contributed by atoms with Crippen LogP contribution in [0.15, 0.2) is 54.6 Å². The number of amides is 1. The Morgan fingerprint density at radius 2 is 1.67 bits per heavy atom. The van der Waals surface area contributed by atoms with E-state index in [-0.39, 0.29) is 29.4 Å². The van der Waals surface area contributed by atoms with E-state index < -0.39 is 5.97 Å². The number of ether oxygens (including phenoxy) is 2. The van der Waals surface area contributed by atoms with Crippen molar-refractivity contribution in [2.75, 3.05) is 12.4 Å². The number of anilines is 1. The van der Waals surface area contributed by atoms with Crippen molar-refractivity contribution in [3.05, 3.63) is 77.1 Å². The summed E-state index contributed by atoms with van der Waals surface area (Å²) in [6.45, 7) is 3.03. The number of nitrogens with one attached hydrogen (secondary N) is 2. The molecule has 0 fully saturated rings. The highest BCUT2D eigenvalue weighted by atomic mass is 16.5. The Morgan fingerprint density at radius 3 is 2.33 bits per heavy atom. The molecule has 7 heteroatoms. The number of H-pyrrole nitrogens is 1. The lowest BCUT2D eigenvalue weighted by molar-refractivity contribution is -0.115. The molecule has 0 aliphatic heterocycles. The van der Waals surface area contributed by atoms with Crippen molar-refractivity contribution in [2.24, 2.45) is 0 Å². The number of carbonyl (C=O) groups excluding carboxylic acids is 3. The number of hydrogen-bond acceptors (Lipinski definition) is 5. The van der Waals surface area contributed by atoms with Crippen LogP contribution in [0.25, 0.3) is 0 Å². The molecule has 1 heterocycles. The quantitative estimate of drug-likeness (QED) is 0.451. The molecule has 154 valence electrons. The van der Waals surface area contributed by atoms with Crippen LogP contribution >= 0.6 is 0 Å². The van der Waals surface area contributed by atoms with Crippen molar-refractivity contribution in [1.82, 2.24) is 4.98 Å². The Balaban J connectivity index is 1.83. The molecule has 3 rings (SSSR count). The zero-order valence-corrected chi connectivity index (χ0v) is 16.9. The van der Waals surface area contributed by atoms with Crippen LogP contribution in [-0.2, 0) is 16.0 Å². The third-order valence-corrected chi connectivity index (χ3v) is 4.54. The number of Topliss-reactive ketones (excluding diaryl/α,β-unsaturated/α-hetero) is 1. The molecule has 7 nitrogen and oxygen atoms in total. The molecule has 2 aromatic carbocycles. The summed E-state index contributed by atoms with van der Waals surface area (Å²) >= 11 is 0. The highest BCUT2D eigenvalue weighted by molar-refractivity contribution is 6.02. The lowest BCUT2D eigenvalue weighted by atomic mass is 10.1. The van der Waals surface area contributed by atoms with Gasteiger partial charge in [-0.05, 0) is 36.8 Å². The zero-order chi connectivity index (χ0) is 21.7. The van der Waals surface area contributed by atoms with Crippen molar-refractivity contribution in [3.63, 3.8) is 0 Å². The minimum Gasteiger partial charge on any atom is -0.465 e. The van der Waals surface area contributed by atoms with Gasteiger partial charge in [-0.15, -0.1) is 0 Å². The summed E-state index contributed by atoms with van der Waals surface area (Å²) < 4.78 is 10.7. The SMILES string of the molecule is COC(=O)c1c(CC(=O)Nc2ccccc2Oc2ccccc2)[nH]c(C(C)=O)c1C. The van der Waals surface area contributed by atoms with Crippen LogP contribution in [0.5, 0.6) is 11.5 Å². The van der Waals surface area contributed by atoms with Gasteiger partial charge in [-0.1, -0.05) is 30.3 Å². The number of hydrogen-bond donors (Lipinski definition) is 2. The van der Waals surface area contributed by atoms with Gasteiger partial charge in [-0.25, -0.2) is 4.79 Å². The van der Waals surface area contributed by atoms with E-state index >= 15 is 0 Å². The molecule has 0 radical (unpaired) electrons. The minimum absolute atomic E-state index is 0.141. The molecule has 1 amide bonds. The smallest absolute Gasteiger partial charge is 0.339 e. The number of aromatic amines is 1. The first-order chi connectivity index (χ1) is 14.4. The van der Waals surface area contributed by atoms with Gasteiger partial charge in [0.1, 0.15) is 5.75 Å². The van der Waals surface area contributed by atoms with Gasteiger partial charge in [0.05, 0.1) is 30.5 Å². The summed E-state index contributed by atoms with van der Waals surface area (Å²) in [4.78, 5) is 39.6. The normalized spacial score (nSPS) is 10.4. The first-order valence-corrected chi connectivity index (χ1v) is 9.33. The van der Waals surface area contributed by atoms with Crippen LogP contribution < -0.4 is 10.1 Å². The second kappa shape index (κ2) is 9.09. The zero-order valence-electron chi connectivity index (χ0n) is 16.9. The van der Waals surface area contributed by atoms with Crippen LogP contribution in [0.3, 0.4) is 0 Å². The van der Waals surface area contributed by atoms with Gasteiger partial charge in [-0.2, -0.15) is 0 Å². The number of ketones is 1. The maximum atomic E-state index is 12.7. The van der Waals surface area contributed by atoms with E-state index in [1.165, 1.54) is 14.0 Å². The van der Waals surface area contributed by atoms with Crippen LogP contribution in [-0.4, -0.2) is 29.8 Å². The molecular formula is C23H22N2O5. The monoisotopic (exact) mass is 406 g/mol. The van der Waals surface area contributed by atoms with E-state index in [2.05, 4.69) is 10.3 Å². The van der Waals surface area contributed by atoms with E-state index in [4.69, 9.17) is 9.47 Å². The first-order valence-electron chi connectivity index (χ1n) is 9.33. The predicted octanol–water partition coefficient (Wildman–Crippen LogP) is 4.29. The Morgan fingerprint density at radius 1 is 1.00 bits per heavy atom. The minimum atomic E-state index is -0.605. The van der Waals surface area contributed by atoms with Gasteiger partial charge in [0, 0.05) is 12.6 Å². The number of para-hydroxylation sites is 3. The van der Waals surface area contributed by atoms with Crippen molar-refractivity contribution in [1.29, 1.82) is 0 Å². The molecule has 1 aromatic heterocycles. The highest BCUT2D eigenvalue weighted by Gasteiger charge is 2.24. The van der Waals surface area contributed by atoms with Crippen LogP contribution in [0, 0.1) is 6.92 Å². The average Bonchev–Trinajstić information content (AvgIpc) is 3.05. The highest BCUT2D eigenvalue weighted by Crippen LogP contribution is 2.29. The number of methoxy groups -OCH3 is 1. The molecule has 3 aromatic rings. The summed E-state index contributed by atoms with van der Waals surface area (Å²) in [5.74, 6) is -0.0889. The van der Waals surface area contributed by atoms with Gasteiger partial charge < -0.3 is 19.8 Å². The summed E-state index contributed by atoms with van der Waals surface area (Å²) in [7, 11) is 1.25. The second-order valence-corrected chi connectivity index (χ2v) is 6.66. The lowest BCUT2D eigenvalue weighted by Crippen LogP contribution is -2.17. The molecule has 30 heavy (non-hydrogen) atoms. The number of rotatable bonds is 7. The van der Waals surface area contributed by atoms with Crippen LogP contribution in [0.4, 0.5) is 5.69 Å². The Hall–Kier alpha value is -3.87. The molecule has 0 spiro atoms. The van der Waals surface area contributed by atoms with Gasteiger partial charge >= 0.3 is 5.97 Å². The Bertz CT molecular complexity index is 1090. The first kappa shape index (κ1) is 20.9. The maximum absolute atomic E-state index is 12.7. The van der Waals surface area contributed by atoms with Crippen LogP contribution in [0.1, 0.15) is 39.0 Å². The molecule has 0 aliphatic carbocycles. The fourth-order valence-electron chi connectivity index (χ4n) is 3.15. The molecule has 0 saturated carbocycles. The number of aromatic nitrogens is 1. The Kier molecular flexibility index (Phi) is 6.32. The summed E-state index contributed by atoms with van der Waals surface area (Å²) in [5.41, 5.74) is 1.76. The average molecular weight is 406 g/mol. The summed E-state index contributed by atoms with van der Waals surface area (Å²) in [6.07, 6.45) is -0.141. The molecule has 0 atom stereocenters. The third kappa shape index (κ3) is 4.57. The maximum Gasteiger partial charge on any atom is 0.339 e. The topological polar surface area (TPSA) is 97.5 Å².